The van der Waals surface area contributed by atoms with Crippen LogP contribution >= 0.6 is 0 Å². The van der Waals surface area contributed by atoms with Crippen molar-refractivity contribution in [3.05, 3.63) is 11.6 Å². The zero-order valence-corrected chi connectivity index (χ0v) is 17.4. The van der Waals surface area contributed by atoms with Gasteiger partial charge < -0.3 is 30.0 Å². The van der Waals surface area contributed by atoms with E-state index in [2.05, 4.69) is 6.92 Å². The molecule has 0 amide bonds. The minimum absolute atomic E-state index is 0.0304. The molecule has 30 heavy (non-hydrogen) atoms. The molecule has 4 aliphatic carbocycles. The second-order valence-electron chi connectivity index (χ2n) is 10.7. The summed E-state index contributed by atoms with van der Waals surface area (Å²) < 4.78 is 5.13. The van der Waals surface area contributed by atoms with Gasteiger partial charge in [-0.25, -0.2) is 4.79 Å². The first-order chi connectivity index (χ1) is 14.1. The lowest BCUT2D eigenvalue weighted by Gasteiger charge is -2.67. The maximum absolute atomic E-state index is 12.6. The molecule has 4 fully saturated rings. The molecule has 0 unspecified atom stereocenters. The highest BCUT2D eigenvalue weighted by Crippen LogP contribution is 2.70. The van der Waals surface area contributed by atoms with Crippen LogP contribution in [0.3, 0.4) is 0 Å². The Morgan fingerprint density at radius 2 is 1.83 bits per heavy atom. The van der Waals surface area contributed by atoms with Crippen molar-refractivity contribution in [2.45, 2.75) is 82.0 Å². The molecular weight excluding hydrogens is 388 g/mol. The van der Waals surface area contributed by atoms with E-state index in [4.69, 9.17) is 4.74 Å². The fraction of sp³-hybridized carbons (Fsp3) is 0.826. The number of carbonyl (C=O) groups excluding carboxylic acids is 2. The Morgan fingerprint density at radius 1 is 1.10 bits per heavy atom. The van der Waals surface area contributed by atoms with E-state index in [0.29, 0.717) is 32.1 Å². The number of carbonyl (C=O) groups is 2. The third-order valence-electron chi connectivity index (χ3n) is 9.92. The molecule has 7 nitrogen and oxygen atoms in total. The van der Waals surface area contributed by atoms with Crippen LogP contribution in [0.1, 0.15) is 64.7 Å². The third-order valence-corrected chi connectivity index (χ3v) is 9.92. The van der Waals surface area contributed by atoms with Crippen LogP contribution in [0, 0.1) is 28.6 Å². The van der Waals surface area contributed by atoms with Gasteiger partial charge in [0.1, 0.15) is 6.61 Å². The Bertz CT molecular complexity index is 822. The molecule has 5 aliphatic rings. The lowest BCUT2D eigenvalue weighted by Crippen LogP contribution is -2.72. The van der Waals surface area contributed by atoms with Crippen molar-refractivity contribution in [2.24, 2.45) is 28.6 Å². The molecular formula is C23H31O7-. The van der Waals surface area contributed by atoms with Gasteiger partial charge in [0.25, 0.3) is 0 Å². The zero-order chi connectivity index (χ0) is 21.5. The molecule has 7 heteroatoms. The average Bonchev–Trinajstić information content (AvgIpc) is 3.21. The van der Waals surface area contributed by atoms with E-state index in [0.717, 1.165) is 12.0 Å². The van der Waals surface area contributed by atoms with Crippen molar-refractivity contribution in [1.82, 2.24) is 0 Å². The summed E-state index contributed by atoms with van der Waals surface area (Å²) in [5, 5.41) is 46.2. The number of hydrogen-bond acceptors (Lipinski definition) is 7. The summed E-state index contributed by atoms with van der Waals surface area (Å²) in [4.78, 5) is 24.2. The number of ether oxygens (including phenoxy) is 1. The number of aliphatic hydroxyl groups excluding tert-OH is 1. The highest BCUT2D eigenvalue weighted by molar-refractivity contribution is 5.85. The Labute approximate surface area is 176 Å². The number of aliphatic hydroxyl groups is 3. The smallest absolute Gasteiger partial charge is 0.331 e. The van der Waals surface area contributed by atoms with Crippen LogP contribution in [0.15, 0.2) is 11.6 Å². The Morgan fingerprint density at radius 3 is 2.50 bits per heavy atom. The van der Waals surface area contributed by atoms with Crippen molar-refractivity contribution in [3.63, 3.8) is 0 Å². The molecule has 0 aromatic heterocycles. The quantitative estimate of drug-likeness (QED) is 0.555. The van der Waals surface area contributed by atoms with Crippen LogP contribution in [-0.2, 0) is 14.3 Å². The Hall–Kier alpha value is -1.44. The van der Waals surface area contributed by atoms with Gasteiger partial charge in [-0.3, -0.25) is 0 Å². The number of carboxylic acid groups (broad SMARTS) is 1. The van der Waals surface area contributed by atoms with Crippen molar-refractivity contribution in [1.29, 1.82) is 0 Å². The molecule has 166 valence electrons. The van der Waals surface area contributed by atoms with E-state index < -0.39 is 34.1 Å². The van der Waals surface area contributed by atoms with Gasteiger partial charge in [0.2, 0.25) is 0 Å². The van der Waals surface area contributed by atoms with Gasteiger partial charge in [0.15, 0.2) is 0 Å². The lowest BCUT2D eigenvalue weighted by atomic mass is 9.41. The first-order valence-electron chi connectivity index (χ1n) is 11.3. The fourth-order valence-electron chi connectivity index (χ4n) is 8.47. The Balaban J connectivity index is 1.54. The topological polar surface area (TPSA) is 127 Å². The molecule has 0 spiro atoms. The molecule has 4 saturated carbocycles. The molecule has 1 aliphatic heterocycles. The van der Waals surface area contributed by atoms with E-state index in [-0.39, 0.29) is 49.6 Å². The van der Waals surface area contributed by atoms with Gasteiger partial charge in [0.05, 0.1) is 23.3 Å². The number of fused-ring (bicyclic) bond motifs is 5. The van der Waals surface area contributed by atoms with Crippen LogP contribution in [-0.4, -0.2) is 51.2 Å². The summed E-state index contributed by atoms with van der Waals surface area (Å²) in [6.45, 7) is 2.34. The fourth-order valence-corrected chi connectivity index (χ4v) is 8.47. The highest BCUT2D eigenvalue weighted by Gasteiger charge is 2.71. The Kier molecular flexibility index (Phi) is 4.30. The van der Waals surface area contributed by atoms with Gasteiger partial charge in [-0.05, 0) is 74.7 Å². The zero-order valence-electron chi connectivity index (χ0n) is 17.4. The minimum Gasteiger partial charge on any atom is -0.549 e. The maximum Gasteiger partial charge on any atom is 0.331 e. The van der Waals surface area contributed by atoms with Crippen LogP contribution in [0.2, 0.25) is 0 Å². The van der Waals surface area contributed by atoms with Crippen LogP contribution in [0.4, 0.5) is 0 Å². The molecule has 0 aromatic carbocycles. The SMILES string of the molecule is C[C@]12CC[C@H]3[C@@H](CC[C@]4(O)C[C@@H](O)CC[C@]34C(=O)[O-])[C@@]1(O)CC[C@@H]2C1=CC(=O)OC1. The summed E-state index contributed by atoms with van der Waals surface area (Å²) >= 11 is 0. The van der Waals surface area contributed by atoms with Crippen LogP contribution < -0.4 is 5.11 Å². The van der Waals surface area contributed by atoms with Gasteiger partial charge in [-0.15, -0.1) is 0 Å². The molecule has 1 heterocycles. The summed E-state index contributed by atoms with van der Waals surface area (Å²) in [6, 6.07) is 0. The predicted octanol–water partition coefficient (Wildman–Crippen LogP) is 0.449. The summed E-state index contributed by atoms with van der Waals surface area (Å²) in [6.07, 6.45) is 4.64. The first-order valence-corrected chi connectivity index (χ1v) is 11.3. The van der Waals surface area contributed by atoms with E-state index in [1.165, 1.54) is 0 Å². The predicted molar refractivity (Wildman–Crippen MR) is 103 cm³/mol. The molecule has 8 atom stereocenters. The minimum atomic E-state index is -1.50. The number of carboxylic acids is 1. The van der Waals surface area contributed by atoms with Crippen molar-refractivity contribution < 1.29 is 34.8 Å². The molecule has 0 bridgehead atoms. The van der Waals surface area contributed by atoms with Gasteiger partial charge >= 0.3 is 5.97 Å². The first kappa shape index (κ1) is 20.5. The number of rotatable bonds is 2. The normalized spacial score (nSPS) is 52.7. The second kappa shape index (κ2) is 6.30. The van der Waals surface area contributed by atoms with E-state index in [1.54, 1.807) is 6.08 Å². The van der Waals surface area contributed by atoms with Crippen molar-refractivity contribution in [3.8, 4) is 0 Å². The number of aliphatic carboxylic acids is 1. The summed E-state index contributed by atoms with van der Waals surface area (Å²) in [7, 11) is 0. The van der Waals surface area contributed by atoms with Gasteiger partial charge in [0, 0.05) is 23.3 Å². The number of esters is 1. The van der Waals surface area contributed by atoms with Crippen molar-refractivity contribution >= 4 is 11.9 Å². The van der Waals surface area contributed by atoms with Gasteiger partial charge in [-0.1, -0.05) is 6.92 Å². The molecule has 3 N–H and O–H groups in total. The second-order valence-corrected chi connectivity index (χ2v) is 10.7. The highest BCUT2D eigenvalue weighted by atomic mass is 16.5. The lowest BCUT2D eigenvalue weighted by molar-refractivity contribution is -0.350. The molecule has 0 aromatic rings. The van der Waals surface area contributed by atoms with E-state index >= 15 is 0 Å². The average molecular weight is 419 g/mol. The largest absolute Gasteiger partial charge is 0.549 e. The maximum atomic E-state index is 12.6. The number of hydrogen-bond donors (Lipinski definition) is 3. The third kappa shape index (κ3) is 2.32. The van der Waals surface area contributed by atoms with Crippen LogP contribution in [0.25, 0.3) is 0 Å². The molecule has 5 rings (SSSR count). The van der Waals surface area contributed by atoms with E-state index in [9.17, 15) is 30.0 Å². The summed E-state index contributed by atoms with van der Waals surface area (Å²) in [5.74, 6) is -2.19. The summed E-state index contributed by atoms with van der Waals surface area (Å²) in [5.41, 5.74) is -3.53. The monoisotopic (exact) mass is 419 g/mol. The van der Waals surface area contributed by atoms with Crippen LogP contribution in [0.5, 0.6) is 0 Å². The number of cyclic esters (lactones) is 1. The van der Waals surface area contributed by atoms with Gasteiger partial charge in [-0.2, -0.15) is 0 Å². The standard InChI is InChI=1S/C23H32O7/c1-20-6-3-16-17(23(20,29)9-5-15(20)13-10-18(25)30-12-13)4-7-21(28)11-14(24)2-8-22(16,21)19(26)27/h10,14-17,24,28-29H,2-9,11-12H2,1H3,(H,26,27)/p-1/t14-,15+,16-,17+,20+,21-,22+,23-/m0/s1. The van der Waals surface area contributed by atoms with Crippen molar-refractivity contribution in [2.75, 3.05) is 6.61 Å². The molecule has 0 radical (unpaired) electrons. The van der Waals surface area contributed by atoms with E-state index in [1.807, 2.05) is 0 Å². The molecule has 0 saturated heterocycles.